The molecule has 1 aliphatic carbocycles. The van der Waals surface area contributed by atoms with Crippen molar-refractivity contribution in [1.82, 2.24) is 4.90 Å². The summed E-state index contributed by atoms with van der Waals surface area (Å²) in [4.78, 5) is 2.63. The summed E-state index contributed by atoms with van der Waals surface area (Å²) in [5.74, 6) is 0.578. The van der Waals surface area contributed by atoms with Gasteiger partial charge in [-0.3, -0.25) is 0 Å². The van der Waals surface area contributed by atoms with Crippen LogP contribution in [0.4, 0.5) is 0 Å². The Morgan fingerprint density at radius 1 is 1.15 bits per heavy atom. The molecule has 3 fully saturated rings. The monoisotopic (exact) mass is 280 g/mol. The van der Waals surface area contributed by atoms with Crippen molar-refractivity contribution in [2.75, 3.05) is 26.2 Å². The van der Waals surface area contributed by atoms with Crippen molar-refractivity contribution in [2.45, 2.75) is 65.0 Å². The normalized spacial score (nSPS) is 43.6. The third-order valence-corrected chi connectivity index (χ3v) is 6.58. The summed E-state index contributed by atoms with van der Waals surface area (Å²) in [6, 6.07) is 0. The summed E-state index contributed by atoms with van der Waals surface area (Å²) in [6.07, 6.45) is 5.52. The Morgan fingerprint density at radius 2 is 1.90 bits per heavy atom. The molecule has 2 aliphatic heterocycles. The smallest absolute Gasteiger partial charge is 0.0691 e. The highest BCUT2D eigenvalue weighted by atomic mass is 16.5. The van der Waals surface area contributed by atoms with Crippen molar-refractivity contribution < 1.29 is 4.74 Å². The van der Waals surface area contributed by atoms with Crippen LogP contribution in [-0.2, 0) is 4.74 Å². The fraction of sp³-hybridized carbons (Fsp3) is 1.00. The minimum Gasteiger partial charge on any atom is -0.377 e. The summed E-state index contributed by atoms with van der Waals surface area (Å²) in [7, 11) is 0. The summed E-state index contributed by atoms with van der Waals surface area (Å²) in [6.45, 7) is 13.8. The molecule has 3 atom stereocenters. The van der Waals surface area contributed by atoms with E-state index in [1.165, 1.54) is 32.4 Å². The molecule has 0 aromatic carbocycles. The fourth-order valence-corrected chi connectivity index (χ4v) is 4.80. The van der Waals surface area contributed by atoms with E-state index in [-0.39, 0.29) is 11.0 Å². The molecule has 3 nitrogen and oxygen atoms in total. The molecule has 0 radical (unpaired) electrons. The van der Waals surface area contributed by atoms with Gasteiger partial charge in [0.2, 0.25) is 0 Å². The quantitative estimate of drug-likeness (QED) is 0.845. The molecular formula is C17H32N2O. The average Bonchev–Trinajstić information content (AvgIpc) is 2.77. The van der Waals surface area contributed by atoms with E-state index in [1.54, 1.807) is 0 Å². The van der Waals surface area contributed by atoms with Crippen LogP contribution in [0.5, 0.6) is 0 Å². The van der Waals surface area contributed by atoms with Gasteiger partial charge in [0, 0.05) is 30.0 Å². The third kappa shape index (κ3) is 2.13. The van der Waals surface area contributed by atoms with E-state index in [9.17, 15) is 0 Å². The first kappa shape index (κ1) is 14.8. The van der Waals surface area contributed by atoms with Crippen molar-refractivity contribution >= 4 is 0 Å². The molecular weight excluding hydrogens is 248 g/mol. The van der Waals surface area contributed by atoms with Crippen molar-refractivity contribution in [3.8, 4) is 0 Å². The molecule has 2 saturated heterocycles. The second-order valence-corrected chi connectivity index (χ2v) is 8.74. The van der Waals surface area contributed by atoms with Crippen LogP contribution >= 0.6 is 0 Å². The minimum atomic E-state index is -0.0529. The maximum atomic E-state index is 6.89. The Balaban J connectivity index is 1.68. The van der Waals surface area contributed by atoms with Gasteiger partial charge in [0.25, 0.3) is 0 Å². The van der Waals surface area contributed by atoms with Gasteiger partial charge >= 0.3 is 0 Å². The Hall–Kier alpha value is -0.120. The van der Waals surface area contributed by atoms with Crippen molar-refractivity contribution in [3.63, 3.8) is 0 Å². The van der Waals surface area contributed by atoms with Gasteiger partial charge in [0.1, 0.15) is 0 Å². The molecule has 20 heavy (non-hydrogen) atoms. The molecule has 0 spiro atoms. The first-order valence-corrected chi connectivity index (χ1v) is 8.39. The first-order chi connectivity index (χ1) is 9.26. The number of likely N-dealkylation sites (tertiary alicyclic amines) is 1. The highest BCUT2D eigenvalue weighted by Gasteiger charge is 2.67. The zero-order valence-electron chi connectivity index (χ0n) is 13.7. The van der Waals surface area contributed by atoms with E-state index in [0.29, 0.717) is 17.4 Å². The second kappa shape index (κ2) is 4.69. The summed E-state index contributed by atoms with van der Waals surface area (Å²) >= 11 is 0. The number of nitrogens with zero attached hydrogens (tertiary/aromatic N) is 1. The van der Waals surface area contributed by atoms with Crippen LogP contribution in [0.15, 0.2) is 0 Å². The largest absolute Gasteiger partial charge is 0.377 e. The molecule has 3 unspecified atom stereocenters. The lowest BCUT2D eigenvalue weighted by Gasteiger charge is -2.63. The second-order valence-electron chi connectivity index (χ2n) is 8.74. The highest BCUT2D eigenvalue weighted by molar-refractivity contribution is 5.21. The maximum Gasteiger partial charge on any atom is 0.0691 e. The highest BCUT2D eigenvalue weighted by Crippen LogP contribution is 2.58. The van der Waals surface area contributed by atoms with Gasteiger partial charge < -0.3 is 15.4 Å². The Kier molecular flexibility index (Phi) is 3.47. The molecule has 0 bridgehead atoms. The van der Waals surface area contributed by atoms with E-state index in [4.69, 9.17) is 10.5 Å². The lowest BCUT2D eigenvalue weighted by Crippen LogP contribution is -2.78. The van der Waals surface area contributed by atoms with Crippen molar-refractivity contribution in [1.29, 1.82) is 0 Å². The molecule has 116 valence electrons. The lowest BCUT2D eigenvalue weighted by atomic mass is 9.48. The molecule has 2 N–H and O–H groups in total. The lowest BCUT2D eigenvalue weighted by molar-refractivity contribution is -0.163. The van der Waals surface area contributed by atoms with Crippen molar-refractivity contribution in [2.24, 2.45) is 22.5 Å². The van der Waals surface area contributed by atoms with Gasteiger partial charge in [0.05, 0.1) is 6.10 Å². The standard InChI is InChI=1S/C17H32N2O/c1-15(2)7-5-9-19(10-8-15)12-17(18)13-6-11-20-14(13)16(17,3)4/h13-14H,5-12,18H2,1-4H3. The summed E-state index contributed by atoms with van der Waals surface area (Å²) in [5, 5.41) is 0. The summed E-state index contributed by atoms with van der Waals surface area (Å²) < 4.78 is 5.91. The van der Waals surface area contributed by atoms with Crippen LogP contribution in [0, 0.1) is 16.7 Å². The zero-order chi connectivity index (χ0) is 14.6. The van der Waals surface area contributed by atoms with E-state index in [1.807, 2.05) is 0 Å². The van der Waals surface area contributed by atoms with E-state index in [2.05, 4.69) is 32.6 Å². The molecule has 1 saturated carbocycles. The molecule has 2 heterocycles. The van der Waals surface area contributed by atoms with E-state index >= 15 is 0 Å². The number of fused-ring (bicyclic) bond motifs is 1. The predicted molar refractivity (Wildman–Crippen MR) is 82.6 cm³/mol. The van der Waals surface area contributed by atoms with Crippen LogP contribution in [0.1, 0.15) is 53.4 Å². The van der Waals surface area contributed by atoms with Gasteiger partial charge in [-0.15, -0.1) is 0 Å². The number of ether oxygens (including phenoxy) is 1. The van der Waals surface area contributed by atoms with Gasteiger partial charge in [-0.1, -0.05) is 27.7 Å². The topological polar surface area (TPSA) is 38.5 Å². The van der Waals surface area contributed by atoms with Gasteiger partial charge in [-0.05, 0) is 44.2 Å². The Morgan fingerprint density at radius 3 is 2.65 bits per heavy atom. The maximum absolute atomic E-state index is 6.89. The van der Waals surface area contributed by atoms with Gasteiger partial charge in [-0.25, -0.2) is 0 Å². The van der Waals surface area contributed by atoms with Crippen LogP contribution in [0.3, 0.4) is 0 Å². The molecule has 0 aromatic heterocycles. The number of hydrogen-bond donors (Lipinski definition) is 1. The molecule has 3 heteroatoms. The molecule has 3 rings (SSSR count). The zero-order valence-corrected chi connectivity index (χ0v) is 13.7. The number of hydrogen-bond acceptors (Lipinski definition) is 3. The molecule has 0 amide bonds. The van der Waals surface area contributed by atoms with Gasteiger partial charge in [-0.2, -0.15) is 0 Å². The van der Waals surface area contributed by atoms with E-state index in [0.717, 1.165) is 19.6 Å². The SMILES string of the molecule is CC1(C)CCCN(CC2(N)C3CCOC3C2(C)C)CC1. The van der Waals surface area contributed by atoms with Crippen molar-refractivity contribution in [3.05, 3.63) is 0 Å². The minimum absolute atomic E-state index is 0.0529. The number of rotatable bonds is 2. The van der Waals surface area contributed by atoms with Gasteiger partial charge in [0.15, 0.2) is 0 Å². The third-order valence-electron chi connectivity index (χ3n) is 6.58. The predicted octanol–water partition coefficient (Wildman–Crippen LogP) is 2.64. The molecule has 3 aliphatic rings. The molecule has 0 aromatic rings. The van der Waals surface area contributed by atoms with Crippen LogP contribution in [0.25, 0.3) is 0 Å². The van der Waals surface area contributed by atoms with Crippen LogP contribution in [-0.4, -0.2) is 42.8 Å². The van der Waals surface area contributed by atoms with Crippen LogP contribution in [0.2, 0.25) is 0 Å². The Labute approximate surface area is 124 Å². The van der Waals surface area contributed by atoms with E-state index < -0.39 is 0 Å². The summed E-state index contributed by atoms with van der Waals surface area (Å²) in [5.41, 5.74) is 7.47. The fourth-order valence-electron chi connectivity index (χ4n) is 4.80. The first-order valence-electron chi connectivity index (χ1n) is 8.39. The van der Waals surface area contributed by atoms with Crippen LogP contribution < -0.4 is 5.73 Å². The Bertz CT molecular complexity index is 379. The number of nitrogens with two attached hydrogens (primary N) is 1. The average molecular weight is 280 g/mol.